The molecule has 14 heavy (non-hydrogen) atoms. The number of aldehydes is 1. The molecule has 0 atom stereocenters. The summed E-state index contributed by atoms with van der Waals surface area (Å²) >= 11 is 0. The van der Waals surface area contributed by atoms with Crippen molar-refractivity contribution in [3.8, 4) is 0 Å². The van der Waals surface area contributed by atoms with E-state index in [4.69, 9.17) is 0 Å². The van der Waals surface area contributed by atoms with E-state index in [1.807, 2.05) is 55.6 Å². The largest absolute Gasteiger partial charge is 0.309 e. The van der Waals surface area contributed by atoms with Crippen LogP contribution >= 0.6 is 0 Å². The molecule has 0 aromatic heterocycles. The molecular weight excluding hydrogens is 174 g/mol. The Hall–Kier alpha value is -0.370. The Balaban J connectivity index is -0.0000000708. The number of hydrogen-bond donors (Lipinski definition) is 0. The summed E-state index contributed by atoms with van der Waals surface area (Å²) in [7, 11) is 4.01. The van der Waals surface area contributed by atoms with E-state index in [1.165, 1.54) is 0 Å². The normalized spacial score (nSPS) is 6.93. The van der Waals surface area contributed by atoms with Gasteiger partial charge in [-0.3, -0.25) is 0 Å². The maximum atomic E-state index is 9.77. The summed E-state index contributed by atoms with van der Waals surface area (Å²) in [4.78, 5) is 11.8. The van der Waals surface area contributed by atoms with E-state index in [-0.39, 0.29) is 0 Å². The minimum atomic E-state index is 0.693. The molecule has 0 aliphatic rings. The van der Waals surface area contributed by atoms with Crippen LogP contribution in [-0.2, 0) is 4.79 Å². The Bertz CT molecular complexity index is 63.3. The van der Waals surface area contributed by atoms with Gasteiger partial charge < -0.3 is 9.69 Å². The zero-order chi connectivity index (χ0) is 12.4. The van der Waals surface area contributed by atoms with Crippen LogP contribution in [0.25, 0.3) is 0 Å². The molecule has 0 aromatic carbocycles. The summed E-state index contributed by atoms with van der Waals surface area (Å²) in [5, 5.41) is 0. The van der Waals surface area contributed by atoms with Crippen LogP contribution in [0, 0.1) is 0 Å². The smallest absolute Gasteiger partial charge is 0.120 e. The minimum Gasteiger partial charge on any atom is -0.309 e. The SMILES string of the molecule is CC.CC.CC.CN(C)CCCC=O. The lowest BCUT2D eigenvalue weighted by molar-refractivity contribution is -0.107. The van der Waals surface area contributed by atoms with Crippen molar-refractivity contribution in [3.05, 3.63) is 0 Å². The molecule has 0 saturated carbocycles. The summed E-state index contributed by atoms with van der Waals surface area (Å²) in [6.07, 6.45) is 2.64. The zero-order valence-corrected chi connectivity index (χ0v) is 11.6. The lowest BCUT2D eigenvalue weighted by atomic mass is 10.3. The van der Waals surface area contributed by atoms with Crippen molar-refractivity contribution in [2.45, 2.75) is 54.4 Å². The highest BCUT2D eigenvalue weighted by Crippen LogP contribution is 1.84. The van der Waals surface area contributed by atoms with Gasteiger partial charge in [0.1, 0.15) is 6.29 Å². The number of hydrogen-bond acceptors (Lipinski definition) is 2. The summed E-state index contributed by atoms with van der Waals surface area (Å²) in [6.45, 7) is 13.0. The van der Waals surface area contributed by atoms with Gasteiger partial charge >= 0.3 is 0 Å². The molecular formula is C12H31NO. The first-order valence-electron chi connectivity index (χ1n) is 5.85. The third-order valence-corrected chi connectivity index (χ3v) is 0.927. The van der Waals surface area contributed by atoms with Gasteiger partial charge in [0.25, 0.3) is 0 Å². The number of unbranched alkanes of at least 4 members (excludes halogenated alkanes) is 1. The molecule has 0 N–H and O–H groups in total. The number of rotatable bonds is 4. The highest BCUT2D eigenvalue weighted by molar-refractivity contribution is 5.48. The second kappa shape index (κ2) is 38.9. The molecule has 0 aliphatic heterocycles. The first kappa shape index (κ1) is 23.4. The molecule has 0 aliphatic carbocycles. The van der Waals surface area contributed by atoms with Gasteiger partial charge in [0.2, 0.25) is 0 Å². The van der Waals surface area contributed by atoms with Gasteiger partial charge in [-0.05, 0) is 27.1 Å². The van der Waals surface area contributed by atoms with Crippen LogP contribution in [-0.4, -0.2) is 31.8 Å². The number of nitrogens with zero attached hydrogens (tertiary/aromatic N) is 1. The molecule has 0 bridgehead atoms. The van der Waals surface area contributed by atoms with Crippen LogP contribution in [0.3, 0.4) is 0 Å². The van der Waals surface area contributed by atoms with E-state index >= 15 is 0 Å². The van der Waals surface area contributed by atoms with E-state index in [0.717, 1.165) is 19.3 Å². The van der Waals surface area contributed by atoms with Crippen molar-refractivity contribution in [2.75, 3.05) is 20.6 Å². The maximum Gasteiger partial charge on any atom is 0.120 e. The van der Waals surface area contributed by atoms with Gasteiger partial charge in [-0.15, -0.1) is 0 Å². The highest BCUT2D eigenvalue weighted by Gasteiger charge is 1.86. The summed E-state index contributed by atoms with van der Waals surface area (Å²) in [6, 6.07) is 0. The first-order chi connectivity index (χ1) is 6.77. The lowest BCUT2D eigenvalue weighted by Crippen LogP contribution is -2.12. The van der Waals surface area contributed by atoms with Gasteiger partial charge in [-0.1, -0.05) is 41.5 Å². The fraction of sp³-hybridized carbons (Fsp3) is 0.917. The standard InChI is InChI=1S/C6H13NO.3C2H6/c1-7(2)5-3-4-6-8;3*1-2/h6H,3-5H2,1-2H3;3*1-2H3. The number of carbonyl (C=O) groups is 1. The molecule has 2 nitrogen and oxygen atoms in total. The molecule has 0 fully saturated rings. The van der Waals surface area contributed by atoms with Gasteiger partial charge in [0.05, 0.1) is 0 Å². The fourth-order valence-electron chi connectivity index (χ4n) is 0.491. The van der Waals surface area contributed by atoms with Crippen LogP contribution in [0.1, 0.15) is 54.4 Å². The van der Waals surface area contributed by atoms with Crippen molar-refractivity contribution < 1.29 is 4.79 Å². The Labute approximate surface area is 91.7 Å². The van der Waals surface area contributed by atoms with Gasteiger partial charge in [-0.2, -0.15) is 0 Å². The van der Waals surface area contributed by atoms with Crippen molar-refractivity contribution in [3.63, 3.8) is 0 Å². The van der Waals surface area contributed by atoms with Gasteiger partial charge in [0.15, 0.2) is 0 Å². The Kier molecular flexibility index (Phi) is 65.1. The van der Waals surface area contributed by atoms with Gasteiger partial charge in [0, 0.05) is 6.42 Å². The minimum absolute atomic E-state index is 0.693. The average Bonchev–Trinajstić information content (AvgIpc) is 2.27. The van der Waals surface area contributed by atoms with Crippen molar-refractivity contribution in [1.29, 1.82) is 0 Å². The zero-order valence-electron chi connectivity index (χ0n) is 11.6. The van der Waals surface area contributed by atoms with E-state index in [1.54, 1.807) is 0 Å². The van der Waals surface area contributed by atoms with Crippen LogP contribution in [0.2, 0.25) is 0 Å². The average molecular weight is 205 g/mol. The highest BCUT2D eigenvalue weighted by atomic mass is 16.1. The fourth-order valence-corrected chi connectivity index (χ4v) is 0.491. The van der Waals surface area contributed by atoms with Crippen LogP contribution in [0.5, 0.6) is 0 Å². The lowest BCUT2D eigenvalue weighted by Gasteiger charge is -2.05. The topological polar surface area (TPSA) is 20.3 Å². The second-order valence-corrected chi connectivity index (χ2v) is 2.11. The maximum absolute atomic E-state index is 9.77. The summed E-state index contributed by atoms with van der Waals surface area (Å²) in [5.41, 5.74) is 0. The second-order valence-electron chi connectivity index (χ2n) is 2.11. The molecule has 0 heterocycles. The predicted octanol–water partition coefficient (Wildman–Crippen LogP) is 3.61. The predicted molar refractivity (Wildman–Crippen MR) is 67.9 cm³/mol. The van der Waals surface area contributed by atoms with E-state index in [0.29, 0.717) is 6.42 Å². The summed E-state index contributed by atoms with van der Waals surface area (Å²) in [5.74, 6) is 0. The summed E-state index contributed by atoms with van der Waals surface area (Å²) < 4.78 is 0. The first-order valence-corrected chi connectivity index (χ1v) is 5.85. The van der Waals surface area contributed by atoms with E-state index in [9.17, 15) is 4.79 Å². The number of carbonyl (C=O) groups excluding carboxylic acids is 1. The quantitative estimate of drug-likeness (QED) is 0.516. The van der Waals surface area contributed by atoms with Crippen LogP contribution < -0.4 is 0 Å². The van der Waals surface area contributed by atoms with E-state index < -0.39 is 0 Å². The molecule has 0 saturated heterocycles. The Morgan fingerprint density at radius 1 is 0.929 bits per heavy atom. The van der Waals surface area contributed by atoms with Crippen molar-refractivity contribution in [2.24, 2.45) is 0 Å². The molecule has 2 heteroatoms. The van der Waals surface area contributed by atoms with Gasteiger partial charge in [-0.25, -0.2) is 0 Å². The van der Waals surface area contributed by atoms with E-state index in [2.05, 4.69) is 4.90 Å². The van der Waals surface area contributed by atoms with Crippen molar-refractivity contribution in [1.82, 2.24) is 4.90 Å². The third-order valence-electron chi connectivity index (χ3n) is 0.927. The monoisotopic (exact) mass is 205 g/mol. The van der Waals surface area contributed by atoms with Crippen molar-refractivity contribution >= 4 is 6.29 Å². The molecule has 0 unspecified atom stereocenters. The molecule has 0 radical (unpaired) electrons. The van der Waals surface area contributed by atoms with Crippen LogP contribution in [0.15, 0.2) is 0 Å². The van der Waals surface area contributed by atoms with Crippen LogP contribution in [0.4, 0.5) is 0 Å². The third kappa shape index (κ3) is 61.3. The molecule has 0 aromatic rings. The molecule has 0 spiro atoms. The Morgan fingerprint density at radius 3 is 1.50 bits per heavy atom. The Morgan fingerprint density at radius 2 is 1.29 bits per heavy atom. The molecule has 0 rings (SSSR count). The molecule has 0 amide bonds. The molecule has 90 valence electrons.